The van der Waals surface area contributed by atoms with Crippen LogP contribution in [0.25, 0.3) is 0 Å². The minimum atomic E-state index is -1.69. The van der Waals surface area contributed by atoms with Crippen LogP contribution in [0.15, 0.2) is 5.51 Å². The molecule has 0 spiro atoms. The van der Waals surface area contributed by atoms with Gasteiger partial charge in [-0.3, -0.25) is 0 Å². The van der Waals surface area contributed by atoms with Crippen molar-refractivity contribution in [2.75, 3.05) is 5.32 Å². The molecule has 70 valence electrons. The fraction of sp³-hybridized carbons (Fsp3) is 0.200. The van der Waals surface area contributed by atoms with Crippen molar-refractivity contribution in [3.8, 4) is 0 Å². The van der Waals surface area contributed by atoms with E-state index in [9.17, 15) is 9.59 Å². The molecule has 0 bridgehead atoms. The van der Waals surface area contributed by atoms with Gasteiger partial charge in [-0.25, -0.2) is 9.59 Å². The number of aromatic nitrogens is 2. The Morgan fingerprint density at radius 2 is 2.08 bits per heavy atom. The second-order valence-corrected chi connectivity index (χ2v) is 2.83. The van der Waals surface area contributed by atoms with Gasteiger partial charge in [0.2, 0.25) is 11.2 Å². The van der Waals surface area contributed by atoms with E-state index in [1.165, 1.54) is 5.51 Å². The molecule has 1 aromatic heterocycles. The van der Waals surface area contributed by atoms with E-state index in [0.717, 1.165) is 11.3 Å². The highest BCUT2D eigenvalue weighted by molar-refractivity contribution is 7.13. The van der Waals surface area contributed by atoms with Gasteiger partial charge in [-0.1, -0.05) is 11.3 Å². The van der Waals surface area contributed by atoms with E-state index < -0.39 is 18.0 Å². The van der Waals surface area contributed by atoms with Crippen LogP contribution in [0, 0.1) is 0 Å². The maximum atomic E-state index is 10.4. The number of aliphatic carboxylic acids is 2. The van der Waals surface area contributed by atoms with Crippen LogP contribution in [0.4, 0.5) is 5.13 Å². The lowest BCUT2D eigenvalue weighted by atomic mass is 10.3. The van der Waals surface area contributed by atoms with Crippen LogP contribution in [0.3, 0.4) is 0 Å². The van der Waals surface area contributed by atoms with E-state index in [4.69, 9.17) is 10.2 Å². The van der Waals surface area contributed by atoms with Crippen LogP contribution < -0.4 is 5.32 Å². The molecular weight excluding hydrogens is 198 g/mol. The molecule has 0 aliphatic rings. The Hall–Kier alpha value is -1.70. The van der Waals surface area contributed by atoms with Crippen LogP contribution in [0.5, 0.6) is 0 Å². The minimum absolute atomic E-state index is 0.162. The Morgan fingerprint density at radius 3 is 2.46 bits per heavy atom. The normalized spacial score (nSPS) is 9.92. The summed E-state index contributed by atoms with van der Waals surface area (Å²) >= 11 is 1.03. The van der Waals surface area contributed by atoms with E-state index in [1.807, 2.05) is 0 Å². The topological polar surface area (TPSA) is 112 Å². The maximum absolute atomic E-state index is 10.4. The van der Waals surface area contributed by atoms with Gasteiger partial charge in [0.1, 0.15) is 5.51 Å². The van der Waals surface area contributed by atoms with Crippen molar-refractivity contribution in [3.05, 3.63) is 5.51 Å². The molecule has 0 unspecified atom stereocenters. The molecule has 0 radical (unpaired) electrons. The van der Waals surface area contributed by atoms with Crippen molar-refractivity contribution >= 4 is 28.4 Å². The molecule has 1 aromatic rings. The number of nitrogens with one attached hydrogen (secondary N) is 1. The lowest BCUT2D eigenvalue weighted by Crippen LogP contribution is -2.37. The van der Waals surface area contributed by atoms with Gasteiger partial charge in [0, 0.05) is 0 Å². The summed E-state index contributed by atoms with van der Waals surface area (Å²) < 4.78 is 0. The fourth-order valence-electron chi connectivity index (χ4n) is 0.589. The largest absolute Gasteiger partial charge is 0.479 e. The second-order valence-electron chi connectivity index (χ2n) is 2.00. The molecule has 0 aliphatic heterocycles. The van der Waals surface area contributed by atoms with Crippen LogP contribution in [0.1, 0.15) is 0 Å². The third-order valence-electron chi connectivity index (χ3n) is 1.12. The molecular formula is C5H5N3O4S. The monoisotopic (exact) mass is 203 g/mol. The molecule has 7 nitrogen and oxygen atoms in total. The van der Waals surface area contributed by atoms with E-state index in [-0.39, 0.29) is 5.13 Å². The van der Waals surface area contributed by atoms with E-state index in [0.29, 0.717) is 0 Å². The first kappa shape index (κ1) is 9.39. The van der Waals surface area contributed by atoms with Crippen molar-refractivity contribution in [2.24, 2.45) is 0 Å². The SMILES string of the molecule is O=C(O)C(Nc1nncs1)C(=O)O. The van der Waals surface area contributed by atoms with Crippen LogP contribution >= 0.6 is 11.3 Å². The zero-order valence-corrected chi connectivity index (χ0v) is 6.98. The molecule has 0 atom stereocenters. The van der Waals surface area contributed by atoms with Crippen LogP contribution in [0.2, 0.25) is 0 Å². The number of carboxylic acid groups (broad SMARTS) is 2. The number of hydrogen-bond acceptors (Lipinski definition) is 6. The highest BCUT2D eigenvalue weighted by Gasteiger charge is 2.26. The van der Waals surface area contributed by atoms with E-state index in [1.54, 1.807) is 0 Å². The molecule has 13 heavy (non-hydrogen) atoms. The van der Waals surface area contributed by atoms with Gasteiger partial charge in [0.25, 0.3) is 0 Å². The van der Waals surface area contributed by atoms with Crippen molar-refractivity contribution in [1.82, 2.24) is 10.2 Å². The summed E-state index contributed by atoms with van der Waals surface area (Å²) in [5.74, 6) is -2.94. The average molecular weight is 203 g/mol. The Bertz CT molecular complexity index is 298. The van der Waals surface area contributed by atoms with E-state index >= 15 is 0 Å². The predicted molar refractivity (Wildman–Crippen MR) is 42.6 cm³/mol. The summed E-state index contributed by atoms with van der Waals surface area (Å²) in [5.41, 5.74) is 1.36. The first-order valence-corrected chi connectivity index (χ1v) is 3.97. The summed E-state index contributed by atoms with van der Waals surface area (Å²) in [4.78, 5) is 20.8. The summed E-state index contributed by atoms with van der Waals surface area (Å²) in [6.07, 6.45) is 0. The number of nitrogens with zero attached hydrogens (tertiary/aromatic N) is 2. The van der Waals surface area contributed by atoms with Gasteiger partial charge in [-0.05, 0) is 0 Å². The molecule has 0 amide bonds. The number of carbonyl (C=O) groups is 2. The van der Waals surface area contributed by atoms with Gasteiger partial charge in [-0.2, -0.15) is 0 Å². The molecule has 8 heteroatoms. The van der Waals surface area contributed by atoms with Crippen molar-refractivity contribution < 1.29 is 19.8 Å². The predicted octanol–water partition coefficient (Wildman–Crippen LogP) is -0.512. The van der Waals surface area contributed by atoms with Crippen molar-refractivity contribution in [3.63, 3.8) is 0 Å². The number of hydrogen-bond donors (Lipinski definition) is 3. The first-order valence-electron chi connectivity index (χ1n) is 3.09. The highest BCUT2D eigenvalue weighted by atomic mass is 32.1. The summed E-state index contributed by atoms with van der Waals surface area (Å²) in [5, 5.41) is 26.1. The standard InChI is InChI=1S/C5H5N3O4S/c9-3(10)2(4(11)12)7-5-8-6-1-13-5/h1-2H,(H,7,8)(H,9,10)(H,11,12). The molecule has 1 heterocycles. The summed E-state index contributed by atoms with van der Waals surface area (Å²) in [6, 6.07) is -1.69. The van der Waals surface area contributed by atoms with Crippen LogP contribution in [-0.2, 0) is 9.59 Å². The zero-order valence-electron chi connectivity index (χ0n) is 6.17. The third-order valence-corrected chi connectivity index (χ3v) is 1.74. The molecule has 0 aromatic carbocycles. The maximum Gasteiger partial charge on any atom is 0.338 e. The quantitative estimate of drug-likeness (QED) is 0.564. The second kappa shape index (κ2) is 3.81. The van der Waals surface area contributed by atoms with Gasteiger partial charge in [0.15, 0.2) is 0 Å². The minimum Gasteiger partial charge on any atom is -0.479 e. The average Bonchev–Trinajstić information content (AvgIpc) is 2.50. The van der Waals surface area contributed by atoms with Crippen molar-refractivity contribution in [1.29, 1.82) is 0 Å². The number of rotatable bonds is 4. The zero-order chi connectivity index (χ0) is 9.84. The first-order chi connectivity index (χ1) is 6.11. The Kier molecular flexibility index (Phi) is 2.75. The lowest BCUT2D eigenvalue weighted by molar-refractivity contribution is -0.148. The Balaban J connectivity index is 2.69. The number of anilines is 1. The molecule has 0 saturated carbocycles. The molecule has 0 fully saturated rings. The summed E-state index contributed by atoms with van der Waals surface area (Å²) in [6.45, 7) is 0. The van der Waals surface area contributed by atoms with Gasteiger partial charge in [0.05, 0.1) is 0 Å². The molecule has 0 saturated heterocycles. The molecule has 1 rings (SSSR count). The van der Waals surface area contributed by atoms with Crippen LogP contribution in [-0.4, -0.2) is 38.4 Å². The third kappa shape index (κ3) is 2.37. The Morgan fingerprint density at radius 1 is 1.46 bits per heavy atom. The van der Waals surface area contributed by atoms with Gasteiger partial charge >= 0.3 is 11.9 Å². The smallest absolute Gasteiger partial charge is 0.338 e. The van der Waals surface area contributed by atoms with Gasteiger partial charge in [-0.15, -0.1) is 10.2 Å². The van der Waals surface area contributed by atoms with Crippen molar-refractivity contribution in [2.45, 2.75) is 6.04 Å². The fourth-order valence-corrected chi connectivity index (χ4v) is 1.06. The summed E-state index contributed by atoms with van der Waals surface area (Å²) in [7, 11) is 0. The molecule has 0 aliphatic carbocycles. The lowest BCUT2D eigenvalue weighted by Gasteiger charge is -2.06. The number of carboxylic acids is 2. The Labute approximate surface area is 76.0 Å². The van der Waals surface area contributed by atoms with Gasteiger partial charge < -0.3 is 15.5 Å². The highest BCUT2D eigenvalue weighted by Crippen LogP contribution is 2.09. The molecule has 3 N–H and O–H groups in total. The van der Waals surface area contributed by atoms with E-state index in [2.05, 4.69) is 15.5 Å².